The fourth-order valence-electron chi connectivity index (χ4n) is 4.32. The molecule has 0 radical (unpaired) electrons. The molecule has 0 amide bonds. The van der Waals surface area contributed by atoms with Gasteiger partial charge in [-0.3, -0.25) is 4.79 Å². The zero-order valence-electron chi connectivity index (χ0n) is 21.9. The Hall–Kier alpha value is -4.44. The lowest BCUT2D eigenvalue weighted by Gasteiger charge is -2.15. The maximum absolute atomic E-state index is 13.6. The minimum absolute atomic E-state index is 0.0414. The number of methoxy groups -OCH3 is 1. The Kier molecular flexibility index (Phi) is 7.94. The lowest BCUT2D eigenvalue weighted by Crippen LogP contribution is -2.20. The van der Waals surface area contributed by atoms with Gasteiger partial charge in [-0.1, -0.05) is 70.0 Å². The van der Waals surface area contributed by atoms with Crippen LogP contribution in [0.25, 0.3) is 22.3 Å². The van der Waals surface area contributed by atoms with Crippen molar-refractivity contribution in [3.63, 3.8) is 0 Å². The van der Waals surface area contributed by atoms with Crippen molar-refractivity contribution in [1.82, 2.24) is 9.66 Å². The molecular weight excluding hydrogens is 599 g/mol. The van der Waals surface area contributed by atoms with Crippen LogP contribution >= 0.6 is 15.9 Å². The third-order valence-corrected chi connectivity index (χ3v) is 6.71. The Morgan fingerprint density at radius 1 is 1.00 bits per heavy atom. The molecule has 0 aliphatic rings. The second-order valence-corrected chi connectivity index (χ2v) is 10.1. The molecule has 10 heteroatoms. The number of alkyl halides is 3. The van der Waals surface area contributed by atoms with Crippen LogP contribution < -0.4 is 15.0 Å². The van der Waals surface area contributed by atoms with E-state index in [1.165, 1.54) is 25.5 Å². The monoisotopic (exact) mass is 621 g/mol. The van der Waals surface area contributed by atoms with Gasteiger partial charge in [0.05, 0.1) is 29.8 Å². The Balaban J connectivity index is 1.64. The molecule has 4 aromatic carbocycles. The van der Waals surface area contributed by atoms with Gasteiger partial charge >= 0.3 is 6.18 Å². The summed E-state index contributed by atoms with van der Waals surface area (Å²) in [6.45, 7) is 2.23. The Morgan fingerprint density at radius 3 is 2.54 bits per heavy atom. The number of rotatable bonds is 7. The van der Waals surface area contributed by atoms with E-state index in [-0.39, 0.29) is 23.4 Å². The van der Waals surface area contributed by atoms with Crippen molar-refractivity contribution in [3.8, 4) is 22.9 Å². The number of halogens is 4. The molecule has 0 bridgehead atoms. The van der Waals surface area contributed by atoms with Crippen molar-refractivity contribution in [2.75, 3.05) is 7.11 Å². The van der Waals surface area contributed by atoms with E-state index in [4.69, 9.17) is 9.47 Å². The van der Waals surface area contributed by atoms with Crippen molar-refractivity contribution in [1.29, 1.82) is 0 Å². The molecule has 0 unspecified atom stereocenters. The van der Waals surface area contributed by atoms with Crippen LogP contribution in [0.4, 0.5) is 13.2 Å². The molecule has 208 valence electrons. The number of ether oxygens (including phenoxy) is 2. The van der Waals surface area contributed by atoms with Crippen LogP contribution in [0.2, 0.25) is 0 Å². The largest absolute Gasteiger partial charge is 0.493 e. The zero-order valence-corrected chi connectivity index (χ0v) is 23.5. The van der Waals surface area contributed by atoms with Crippen LogP contribution in [0.5, 0.6) is 11.5 Å². The highest BCUT2D eigenvalue weighted by molar-refractivity contribution is 9.10. The van der Waals surface area contributed by atoms with E-state index >= 15 is 0 Å². The van der Waals surface area contributed by atoms with Crippen molar-refractivity contribution >= 4 is 33.0 Å². The first kappa shape index (κ1) is 28.1. The minimum atomic E-state index is -4.57. The minimum Gasteiger partial charge on any atom is -0.493 e. The predicted molar refractivity (Wildman–Crippen MR) is 156 cm³/mol. The van der Waals surface area contributed by atoms with E-state index < -0.39 is 17.3 Å². The van der Waals surface area contributed by atoms with Crippen molar-refractivity contribution in [3.05, 3.63) is 122 Å². The van der Waals surface area contributed by atoms with Crippen molar-refractivity contribution in [2.45, 2.75) is 19.7 Å². The number of hydrogen-bond acceptors (Lipinski definition) is 5. The summed E-state index contributed by atoms with van der Waals surface area (Å²) in [7, 11) is 1.51. The van der Waals surface area contributed by atoms with Crippen LogP contribution in [-0.2, 0) is 12.8 Å². The van der Waals surface area contributed by atoms with E-state index in [0.717, 1.165) is 27.9 Å². The number of benzene rings is 4. The lowest BCUT2D eigenvalue weighted by atomic mass is 10.1. The van der Waals surface area contributed by atoms with E-state index in [9.17, 15) is 18.0 Å². The zero-order chi connectivity index (χ0) is 29.1. The van der Waals surface area contributed by atoms with Gasteiger partial charge in [-0.2, -0.15) is 22.9 Å². The third kappa shape index (κ3) is 6.17. The highest BCUT2D eigenvalue weighted by Gasteiger charge is 2.31. The van der Waals surface area contributed by atoms with Gasteiger partial charge in [0.1, 0.15) is 6.61 Å². The van der Waals surface area contributed by atoms with Gasteiger partial charge in [0, 0.05) is 15.6 Å². The van der Waals surface area contributed by atoms with Gasteiger partial charge in [0.25, 0.3) is 5.56 Å². The fraction of sp³-hybridized carbons (Fsp3) is 0.129. The first-order valence-corrected chi connectivity index (χ1v) is 13.2. The second kappa shape index (κ2) is 11.6. The first-order valence-electron chi connectivity index (χ1n) is 12.4. The van der Waals surface area contributed by atoms with Crippen LogP contribution in [0.3, 0.4) is 0 Å². The summed E-state index contributed by atoms with van der Waals surface area (Å²) < 4.78 is 53.9. The van der Waals surface area contributed by atoms with Gasteiger partial charge < -0.3 is 9.47 Å². The molecule has 5 aromatic rings. The molecule has 0 spiro atoms. The van der Waals surface area contributed by atoms with Gasteiger partial charge in [0.15, 0.2) is 17.3 Å². The molecule has 41 heavy (non-hydrogen) atoms. The Labute approximate surface area is 241 Å². The van der Waals surface area contributed by atoms with Gasteiger partial charge in [-0.05, 0) is 48.9 Å². The summed E-state index contributed by atoms with van der Waals surface area (Å²) in [4.78, 5) is 18.1. The van der Waals surface area contributed by atoms with Gasteiger partial charge in [-0.15, -0.1) is 0 Å². The number of nitrogens with zero attached hydrogens (tertiary/aromatic N) is 3. The molecule has 0 saturated carbocycles. The number of hydrogen-bond donors (Lipinski definition) is 0. The quantitative estimate of drug-likeness (QED) is 0.175. The number of aryl methyl sites for hydroxylation is 1. The number of para-hydroxylation sites is 1. The predicted octanol–water partition coefficient (Wildman–Crippen LogP) is 7.62. The smallest absolute Gasteiger partial charge is 0.416 e. The van der Waals surface area contributed by atoms with E-state index in [1.807, 2.05) is 31.2 Å². The van der Waals surface area contributed by atoms with Crippen LogP contribution in [0, 0.1) is 6.92 Å². The average Bonchev–Trinajstić information content (AvgIpc) is 2.95. The first-order chi connectivity index (χ1) is 19.6. The maximum Gasteiger partial charge on any atom is 0.416 e. The molecule has 0 aliphatic carbocycles. The molecule has 5 rings (SSSR count). The summed E-state index contributed by atoms with van der Waals surface area (Å²) in [6, 6.07) is 22.6. The van der Waals surface area contributed by atoms with Crippen LogP contribution in [0.1, 0.15) is 22.3 Å². The molecule has 0 fully saturated rings. The van der Waals surface area contributed by atoms with Gasteiger partial charge in [0.2, 0.25) is 0 Å². The Bertz CT molecular complexity index is 1830. The Morgan fingerprint density at radius 2 is 1.78 bits per heavy atom. The summed E-state index contributed by atoms with van der Waals surface area (Å²) in [5.41, 5.74) is 1.52. The van der Waals surface area contributed by atoms with Crippen molar-refractivity contribution < 1.29 is 22.6 Å². The molecule has 1 heterocycles. The van der Waals surface area contributed by atoms with Gasteiger partial charge in [-0.25, -0.2) is 4.98 Å². The molecular formula is C31H23BrF3N3O3. The van der Waals surface area contributed by atoms with E-state index in [2.05, 4.69) is 26.0 Å². The molecule has 6 nitrogen and oxygen atoms in total. The molecule has 0 N–H and O–H groups in total. The lowest BCUT2D eigenvalue weighted by molar-refractivity contribution is -0.137. The standard InChI is InChI=1S/C31H23BrF3N3O3/c1-19-7-5-8-20(13-19)18-41-28-22(15-24(32)16-27(28)40-2)17-36-38-29(21-9-6-10-23(14-21)31(33,34)35)37-26-12-4-3-11-25(26)30(38)39/h3-17H,18H2,1-2H3. The van der Waals surface area contributed by atoms with Crippen LogP contribution in [-0.4, -0.2) is 23.0 Å². The molecule has 0 saturated heterocycles. The molecule has 0 aliphatic heterocycles. The summed E-state index contributed by atoms with van der Waals surface area (Å²) >= 11 is 3.46. The summed E-state index contributed by atoms with van der Waals surface area (Å²) in [5, 5.41) is 4.69. The topological polar surface area (TPSA) is 65.7 Å². The summed E-state index contributed by atoms with van der Waals surface area (Å²) in [6.07, 6.45) is -3.18. The van der Waals surface area contributed by atoms with Crippen LogP contribution in [0.15, 0.2) is 99.3 Å². The molecule has 1 aromatic heterocycles. The third-order valence-electron chi connectivity index (χ3n) is 6.25. The maximum atomic E-state index is 13.6. The highest BCUT2D eigenvalue weighted by Crippen LogP contribution is 2.35. The normalized spacial score (nSPS) is 11.8. The highest BCUT2D eigenvalue weighted by atomic mass is 79.9. The SMILES string of the molecule is COc1cc(Br)cc(C=Nn2c(-c3cccc(C(F)(F)F)c3)nc3ccccc3c2=O)c1OCc1cccc(C)c1. The summed E-state index contributed by atoms with van der Waals surface area (Å²) in [5.74, 6) is 0.763. The van der Waals surface area contributed by atoms with E-state index in [1.54, 1.807) is 36.4 Å². The number of fused-ring (bicyclic) bond motifs is 1. The molecule has 0 atom stereocenters. The fourth-order valence-corrected chi connectivity index (χ4v) is 4.77. The van der Waals surface area contributed by atoms with E-state index in [0.29, 0.717) is 27.1 Å². The average molecular weight is 622 g/mol. The van der Waals surface area contributed by atoms with Crippen molar-refractivity contribution in [2.24, 2.45) is 5.10 Å². The second-order valence-electron chi connectivity index (χ2n) is 9.20. The number of aromatic nitrogens is 2.